The van der Waals surface area contributed by atoms with Gasteiger partial charge < -0.3 is 14.4 Å². The van der Waals surface area contributed by atoms with Crippen LogP contribution in [0.5, 0.6) is 0 Å². The molecule has 0 spiro atoms. The van der Waals surface area contributed by atoms with Gasteiger partial charge in [0.1, 0.15) is 11.5 Å². The number of fused-ring (bicyclic) bond motifs is 1. The van der Waals surface area contributed by atoms with Crippen LogP contribution in [-0.2, 0) is 19.5 Å². The topological polar surface area (TPSA) is 116 Å². The van der Waals surface area contributed by atoms with Crippen molar-refractivity contribution in [2.45, 2.75) is 38.3 Å². The molecule has 10 nitrogen and oxygen atoms in total. The standard InChI is InChI=1S/C26H33F2N5O5S/c1-17(2)23-22-21(32-11-5-10-26(28,15-32)16-38-13-12-37-3)14-20(25(34)31-39(4,35)36)29-24(22)33(30-23)19-8-6-18(27)7-9-19/h6-9,14,17H,5,10-13,15-16H2,1-4H3,(H,31,34). The molecule has 1 amide bonds. The Balaban J connectivity index is 1.87. The van der Waals surface area contributed by atoms with E-state index in [0.29, 0.717) is 48.4 Å². The smallest absolute Gasteiger partial charge is 0.283 e. The molecule has 0 bridgehead atoms. The number of aromatic nitrogens is 3. The first-order valence-corrected chi connectivity index (χ1v) is 14.5. The molecule has 3 aromatic rings. The third-order valence-electron chi connectivity index (χ3n) is 6.43. The zero-order chi connectivity index (χ0) is 28.4. The van der Waals surface area contributed by atoms with Crippen molar-refractivity contribution in [3.63, 3.8) is 0 Å². The number of nitrogens with one attached hydrogen (secondary N) is 1. The average molecular weight is 566 g/mol. The zero-order valence-electron chi connectivity index (χ0n) is 22.4. The Kier molecular flexibility index (Phi) is 8.52. The van der Waals surface area contributed by atoms with E-state index in [-0.39, 0.29) is 37.0 Å². The fourth-order valence-corrected chi connectivity index (χ4v) is 5.12. The van der Waals surface area contributed by atoms with E-state index in [9.17, 15) is 17.6 Å². The second kappa shape index (κ2) is 11.5. The number of amides is 1. The second-order valence-electron chi connectivity index (χ2n) is 10.1. The number of pyridine rings is 1. The summed E-state index contributed by atoms with van der Waals surface area (Å²) in [5.74, 6) is -1.44. The highest BCUT2D eigenvalue weighted by molar-refractivity contribution is 7.89. The fourth-order valence-electron chi connectivity index (χ4n) is 4.68. The minimum absolute atomic E-state index is 0.00844. The second-order valence-corrected chi connectivity index (χ2v) is 11.8. The van der Waals surface area contributed by atoms with Gasteiger partial charge in [0.25, 0.3) is 5.91 Å². The fraction of sp³-hybridized carbons (Fsp3) is 0.500. The molecule has 3 heterocycles. The van der Waals surface area contributed by atoms with Gasteiger partial charge in [-0.2, -0.15) is 5.10 Å². The zero-order valence-corrected chi connectivity index (χ0v) is 23.2. The summed E-state index contributed by atoms with van der Waals surface area (Å²) in [5.41, 5.74) is 0.104. The molecule has 1 aliphatic rings. The van der Waals surface area contributed by atoms with Crippen molar-refractivity contribution in [2.75, 3.05) is 51.2 Å². The van der Waals surface area contributed by atoms with Crippen molar-refractivity contribution in [3.8, 4) is 5.69 Å². The average Bonchev–Trinajstić information content (AvgIpc) is 3.26. The summed E-state index contributed by atoms with van der Waals surface area (Å²) in [6.45, 7) is 4.88. The Bertz CT molecular complexity index is 1450. The van der Waals surface area contributed by atoms with Gasteiger partial charge in [-0.3, -0.25) is 4.79 Å². The molecule has 1 N–H and O–H groups in total. The molecular formula is C26H33F2N5O5S. The lowest BCUT2D eigenvalue weighted by Crippen LogP contribution is -2.48. The van der Waals surface area contributed by atoms with E-state index in [1.54, 1.807) is 7.11 Å². The number of alkyl halides is 1. The number of benzene rings is 1. The number of nitrogens with zero attached hydrogens (tertiary/aromatic N) is 4. The molecule has 13 heteroatoms. The maximum atomic E-state index is 15.9. The number of carbonyl (C=O) groups excluding carboxylic acids is 1. The van der Waals surface area contributed by atoms with Crippen molar-refractivity contribution in [2.24, 2.45) is 0 Å². The maximum Gasteiger partial charge on any atom is 0.283 e. The lowest BCUT2D eigenvalue weighted by Gasteiger charge is -2.39. The van der Waals surface area contributed by atoms with Crippen molar-refractivity contribution in [3.05, 3.63) is 47.5 Å². The van der Waals surface area contributed by atoms with Crippen LogP contribution in [0.2, 0.25) is 0 Å². The van der Waals surface area contributed by atoms with E-state index in [0.717, 1.165) is 6.26 Å². The van der Waals surface area contributed by atoms with E-state index in [2.05, 4.69) is 4.98 Å². The molecule has 39 heavy (non-hydrogen) atoms. The van der Waals surface area contributed by atoms with Crippen molar-refractivity contribution >= 4 is 32.7 Å². The van der Waals surface area contributed by atoms with Crippen LogP contribution in [0.15, 0.2) is 30.3 Å². The van der Waals surface area contributed by atoms with E-state index in [1.807, 2.05) is 23.5 Å². The predicted molar refractivity (Wildman–Crippen MR) is 143 cm³/mol. The maximum absolute atomic E-state index is 15.9. The number of sulfonamides is 1. The Morgan fingerprint density at radius 1 is 1.23 bits per heavy atom. The number of piperidine rings is 1. The Morgan fingerprint density at radius 3 is 2.59 bits per heavy atom. The number of carbonyl (C=O) groups is 1. The molecule has 1 aliphatic heterocycles. The molecule has 0 radical (unpaired) electrons. The first kappa shape index (κ1) is 28.8. The first-order valence-electron chi connectivity index (χ1n) is 12.6. The molecule has 2 aromatic heterocycles. The van der Waals surface area contributed by atoms with Crippen LogP contribution in [0, 0.1) is 5.82 Å². The summed E-state index contributed by atoms with van der Waals surface area (Å²) >= 11 is 0. The lowest BCUT2D eigenvalue weighted by molar-refractivity contribution is -0.0109. The number of hydrogen-bond donors (Lipinski definition) is 1. The summed E-state index contributed by atoms with van der Waals surface area (Å²) in [7, 11) is -2.33. The monoisotopic (exact) mass is 565 g/mol. The van der Waals surface area contributed by atoms with Crippen LogP contribution in [0.4, 0.5) is 14.5 Å². The van der Waals surface area contributed by atoms with Crippen LogP contribution in [-0.4, -0.2) is 81.0 Å². The number of hydrogen-bond acceptors (Lipinski definition) is 8. The Hall–Kier alpha value is -3.16. The third-order valence-corrected chi connectivity index (χ3v) is 6.99. The Labute approximate surface area is 226 Å². The molecule has 4 rings (SSSR count). The number of anilines is 1. The molecule has 1 saturated heterocycles. The van der Waals surface area contributed by atoms with E-state index in [1.165, 1.54) is 35.0 Å². The van der Waals surface area contributed by atoms with Crippen LogP contribution in [0.25, 0.3) is 16.7 Å². The molecule has 212 valence electrons. The van der Waals surface area contributed by atoms with Gasteiger partial charge in [0.05, 0.1) is 55.1 Å². The predicted octanol–water partition coefficient (Wildman–Crippen LogP) is 3.34. The normalized spacial score (nSPS) is 18.2. The highest BCUT2D eigenvalue weighted by Crippen LogP contribution is 2.38. The van der Waals surface area contributed by atoms with E-state index in [4.69, 9.17) is 14.6 Å². The van der Waals surface area contributed by atoms with Crippen LogP contribution < -0.4 is 9.62 Å². The SMILES string of the molecule is COCCOCC1(F)CCCN(c2cc(C(=O)NS(C)(=O)=O)nc3c2c(C(C)C)nn3-c2ccc(F)cc2)C1. The minimum atomic E-state index is -3.88. The number of rotatable bonds is 10. The minimum Gasteiger partial charge on any atom is -0.382 e. The Morgan fingerprint density at radius 2 is 1.95 bits per heavy atom. The number of ether oxygens (including phenoxy) is 2. The van der Waals surface area contributed by atoms with Gasteiger partial charge in [0.2, 0.25) is 10.0 Å². The van der Waals surface area contributed by atoms with Crippen LogP contribution in [0.1, 0.15) is 48.8 Å². The quantitative estimate of drug-likeness (QED) is 0.372. The van der Waals surface area contributed by atoms with Gasteiger partial charge in [0.15, 0.2) is 11.3 Å². The molecule has 1 fully saturated rings. The van der Waals surface area contributed by atoms with Crippen molar-refractivity contribution < 1.29 is 31.5 Å². The highest BCUT2D eigenvalue weighted by Gasteiger charge is 2.37. The summed E-state index contributed by atoms with van der Waals surface area (Å²) < 4.78 is 67.2. The largest absolute Gasteiger partial charge is 0.382 e. The third kappa shape index (κ3) is 6.71. The summed E-state index contributed by atoms with van der Waals surface area (Å²) in [6.07, 6.45) is 1.70. The van der Waals surface area contributed by atoms with Gasteiger partial charge in [-0.1, -0.05) is 13.8 Å². The van der Waals surface area contributed by atoms with Crippen LogP contribution >= 0.6 is 0 Å². The number of halogens is 2. The van der Waals surface area contributed by atoms with E-state index < -0.39 is 27.4 Å². The van der Waals surface area contributed by atoms with Gasteiger partial charge in [-0.05, 0) is 49.1 Å². The first-order chi connectivity index (χ1) is 18.4. The summed E-state index contributed by atoms with van der Waals surface area (Å²) in [5, 5.41) is 5.35. The van der Waals surface area contributed by atoms with Gasteiger partial charge in [-0.25, -0.2) is 31.6 Å². The molecule has 1 aromatic carbocycles. The lowest BCUT2D eigenvalue weighted by atomic mass is 9.94. The molecule has 0 aliphatic carbocycles. The molecule has 0 saturated carbocycles. The highest BCUT2D eigenvalue weighted by atomic mass is 32.2. The molecular weight excluding hydrogens is 532 g/mol. The summed E-state index contributed by atoms with van der Waals surface area (Å²) in [4.78, 5) is 19.3. The van der Waals surface area contributed by atoms with Gasteiger partial charge in [0, 0.05) is 13.7 Å². The van der Waals surface area contributed by atoms with Gasteiger partial charge >= 0.3 is 0 Å². The van der Waals surface area contributed by atoms with Crippen molar-refractivity contribution in [1.29, 1.82) is 0 Å². The van der Waals surface area contributed by atoms with E-state index >= 15 is 4.39 Å². The van der Waals surface area contributed by atoms with Crippen molar-refractivity contribution in [1.82, 2.24) is 19.5 Å². The molecule has 1 unspecified atom stereocenters. The summed E-state index contributed by atoms with van der Waals surface area (Å²) in [6, 6.07) is 7.10. The van der Waals surface area contributed by atoms with Gasteiger partial charge in [-0.15, -0.1) is 0 Å². The number of methoxy groups -OCH3 is 1. The molecule has 1 atom stereocenters. The van der Waals surface area contributed by atoms with Crippen LogP contribution in [0.3, 0.4) is 0 Å².